The van der Waals surface area contributed by atoms with Crippen molar-refractivity contribution in [2.24, 2.45) is 0 Å². The van der Waals surface area contributed by atoms with Crippen molar-refractivity contribution in [1.82, 2.24) is 10.2 Å². The predicted molar refractivity (Wildman–Crippen MR) is 76.9 cm³/mol. The van der Waals surface area contributed by atoms with Crippen LogP contribution in [-0.4, -0.2) is 36.0 Å². The lowest BCUT2D eigenvalue weighted by molar-refractivity contribution is 0.0476. The Morgan fingerprint density at radius 3 is 2.83 bits per heavy atom. The first-order valence-corrected chi connectivity index (χ1v) is 7.00. The van der Waals surface area contributed by atoms with Gasteiger partial charge in [0.15, 0.2) is 0 Å². The van der Waals surface area contributed by atoms with Crippen molar-refractivity contribution in [3.05, 3.63) is 33.8 Å². The van der Waals surface area contributed by atoms with Gasteiger partial charge in [-0.15, -0.1) is 0 Å². The lowest BCUT2D eigenvalue weighted by Gasteiger charge is -2.43. The Balaban J connectivity index is 2.33. The number of rotatable bonds is 1. The summed E-state index contributed by atoms with van der Waals surface area (Å²) in [5.41, 5.74) is 1.71. The van der Waals surface area contributed by atoms with Gasteiger partial charge in [0.25, 0.3) is 5.91 Å². The first kappa shape index (κ1) is 13.6. The van der Waals surface area contributed by atoms with Crippen LogP contribution in [0.25, 0.3) is 0 Å². The summed E-state index contributed by atoms with van der Waals surface area (Å²) in [6.07, 6.45) is 0. The second-order valence-corrected chi connectivity index (χ2v) is 6.18. The van der Waals surface area contributed by atoms with Crippen LogP contribution in [0.5, 0.6) is 0 Å². The van der Waals surface area contributed by atoms with Gasteiger partial charge in [-0.3, -0.25) is 4.79 Å². The topological polar surface area (TPSA) is 32.3 Å². The van der Waals surface area contributed by atoms with Crippen LogP contribution >= 0.6 is 15.9 Å². The molecule has 1 fully saturated rings. The zero-order chi connectivity index (χ0) is 13.3. The van der Waals surface area contributed by atoms with Crippen LogP contribution < -0.4 is 5.32 Å². The number of amides is 1. The number of nitrogens with one attached hydrogen (secondary N) is 1. The number of nitrogens with zero attached hydrogens (tertiary/aromatic N) is 1. The van der Waals surface area contributed by atoms with Gasteiger partial charge in [-0.25, -0.2) is 0 Å². The molecule has 1 aliphatic rings. The van der Waals surface area contributed by atoms with E-state index in [9.17, 15) is 4.79 Å². The highest BCUT2D eigenvalue weighted by molar-refractivity contribution is 9.10. The third kappa shape index (κ3) is 2.45. The average molecular weight is 311 g/mol. The maximum atomic E-state index is 12.7. The minimum absolute atomic E-state index is 0.108. The van der Waals surface area contributed by atoms with Crippen molar-refractivity contribution in [3.8, 4) is 0 Å². The van der Waals surface area contributed by atoms with Crippen LogP contribution in [0.15, 0.2) is 22.7 Å². The lowest BCUT2D eigenvalue weighted by atomic mass is 9.98. The maximum Gasteiger partial charge on any atom is 0.255 e. The van der Waals surface area contributed by atoms with E-state index in [1.807, 2.05) is 30.0 Å². The van der Waals surface area contributed by atoms with Crippen molar-refractivity contribution < 1.29 is 4.79 Å². The van der Waals surface area contributed by atoms with Crippen molar-refractivity contribution >= 4 is 21.8 Å². The van der Waals surface area contributed by atoms with Gasteiger partial charge in [0, 0.05) is 24.1 Å². The number of benzene rings is 1. The number of piperazine rings is 1. The summed E-state index contributed by atoms with van der Waals surface area (Å²) in [7, 11) is 0. The third-order valence-electron chi connectivity index (χ3n) is 3.47. The molecule has 3 nitrogen and oxygen atoms in total. The molecule has 0 aromatic heterocycles. The summed E-state index contributed by atoms with van der Waals surface area (Å²) in [5.74, 6) is 0.108. The SMILES string of the molecule is Cc1cccc(C(=O)N2CCNCC2(C)C)c1Br. The van der Waals surface area contributed by atoms with E-state index >= 15 is 0 Å². The summed E-state index contributed by atoms with van der Waals surface area (Å²) in [4.78, 5) is 14.6. The Kier molecular flexibility index (Phi) is 3.78. The van der Waals surface area contributed by atoms with E-state index in [2.05, 4.69) is 35.1 Å². The van der Waals surface area contributed by atoms with Crippen LogP contribution in [0, 0.1) is 6.92 Å². The quantitative estimate of drug-likeness (QED) is 0.864. The van der Waals surface area contributed by atoms with Crippen molar-refractivity contribution in [1.29, 1.82) is 0 Å². The largest absolute Gasteiger partial charge is 0.331 e. The molecule has 0 bridgehead atoms. The molecule has 1 aromatic carbocycles. The van der Waals surface area contributed by atoms with Crippen LogP contribution in [0.1, 0.15) is 29.8 Å². The molecule has 1 aliphatic heterocycles. The van der Waals surface area contributed by atoms with E-state index in [1.54, 1.807) is 0 Å². The van der Waals surface area contributed by atoms with Gasteiger partial charge in [0.2, 0.25) is 0 Å². The van der Waals surface area contributed by atoms with E-state index in [4.69, 9.17) is 0 Å². The molecule has 0 atom stereocenters. The highest BCUT2D eigenvalue weighted by atomic mass is 79.9. The molecule has 1 amide bonds. The van der Waals surface area contributed by atoms with E-state index in [1.165, 1.54) is 0 Å². The fourth-order valence-electron chi connectivity index (χ4n) is 2.32. The van der Waals surface area contributed by atoms with Crippen molar-refractivity contribution in [2.75, 3.05) is 19.6 Å². The van der Waals surface area contributed by atoms with Crippen LogP contribution in [-0.2, 0) is 0 Å². The second kappa shape index (κ2) is 5.02. The van der Waals surface area contributed by atoms with Crippen molar-refractivity contribution in [2.45, 2.75) is 26.3 Å². The van der Waals surface area contributed by atoms with E-state index < -0.39 is 0 Å². The van der Waals surface area contributed by atoms with E-state index in [-0.39, 0.29) is 11.4 Å². The van der Waals surface area contributed by atoms with Crippen molar-refractivity contribution in [3.63, 3.8) is 0 Å². The number of hydrogen-bond donors (Lipinski definition) is 1. The molecule has 0 unspecified atom stereocenters. The summed E-state index contributed by atoms with van der Waals surface area (Å²) >= 11 is 3.52. The summed E-state index contributed by atoms with van der Waals surface area (Å²) in [6, 6.07) is 5.82. The number of carbonyl (C=O) groups excluding carboxylic acids is 1. The second-order valence-electron chi connectivity index (χ2n) is 5.38. The van der Waals surface area contributed by atoms with Gasteiger partial charge in [0.1, 0.15) is 0 Å². The van der Waals surface area contributed by atoms with Crippen LogP contribution in [0.2, 0.25) is 0 Å². The van der Waals surface area contributed by atoms with Gasteiger partial charge in [-0.1, -0.05) is 12.1 Å². The average Bonchev–Trinajstić information content (AvgIpc) is 2.31. The zero-order valence-corrected chi connectivity index (χ0v) is 12.7. The molecule has 1 N–H and O–H groups in total. The third-order valence-corrected chi connectivity index (χ3v) is 4.52. The summed E-state index contributed by atoms with van der Waals surface area (Å²) in [6.45, 7) is 8.65. The Morgan fingerprint density at radius 1 is 1.44 bits per heavy atom. The van der Waals surface area contributed by atoms with E-state index in [0.29, 0.717) is 0 Å². The number of halogens is 1. The smallest absolute Gasteiger partial charge is 0.255 e. The Morgan fingerprint density at radius 2 is 2.17 bits per heavy atom. The summed E-state index contributed by atoms with van der Waals surface area (Å²) < 4.78 is 0.907. The first-order chi connectivity index (χ1) is 8.43. The lowest BCUT2D eigenvalue weighted by Crippen LogP contribution is -2.59. The molecular formula is C14H19BrN2O. The minimum Gasteiger partial charge on any atom is -0.331 e. The highest BCUT2D eigenvalue weighted by Gasteiger charge is 2.34. The molecule has 0 radical (unpaired) electrons. The molecule has 1 heterocycles. The predicted octanol–water partition coefficient (Wildman–Crippen LogP) is 2.58. The molecule has 0 saturated carbocycles. The molecule has 1 saturated heterocycles. The molecular weight excluding hydrogens is 292 g/mol. The van der Waals surface area contributed by atoms with Gasteiger partial charge >= 0.3 is 0 Å². The van der Waals surface area contributed by atoms with Crippen LogP contribution in [0.4, 0.5) is 0 Å². The standard InChI is InChI=1S/C14H19BrN2O/c1-10-5-4-6-11(12(10)15)13(18)17-8-7-16-9-14(17,2)3/h4-6,16H,7-9H2,1-3H3. The number of aryl methyl sites for hydroxylation is 1. The molecule has 0 aliphatic carbocycles. The Labute approximate surface area is 117 Å². The molecule has 1 aromatic rings. The zero-order valence-electron chi connectivity index (χ0n) is 11.1. The Bertz CT molecular complexity index is 471. The normalized spacial score (nSPS) is 18.8. The van der Waals surface area contributed by atoms with Gasteiger partial charge in [-0.05, 0) is 48.3 Å². The number of carbonyl (C=O) groups is 1. The molecule has 18 heavy (non-hydrogen) atoms. The fourth-order valence-corrected chi connectivity index (χ4v) is 2.75. The summed E-state index contributed by atoms with van der Waals surface area (Å²) in [5, 5.41) is 3.33. The highest BCUT2D eigenvalue weighted by Crippen LogP contribution is 2.26. The molecule has 0 spiro atoms. The molecule has 4 heteroatoms. The first-order valence-electron chi connectivity index (χ1n) is 6.21. The molecule has 98 valence electrons. The van der Waals surface area contributed by atoms with Gasteiger partial charge in [-0.2, -0.15) is 0 Å². The minimum atomic E-state index is -0.140. The maximum absolute atomic E-state index is 12.7. The number of hydrogen-bond acceptors (Lipinski definition) is 2. The van der Waals surface area contributed by atoms with Gasteiger partial charge < -0.3 is 10.2 Å². The van der Waals surface area contributed by atoms with Crippen LogP contribution in [0.3, 0.4) is 0 Å². The monoisotopic (exact) mass is 310 g/mol. The van der Waals surface area contributed by atoms with Gasteiger partial charge in [0.05, 0.1) is 11.1 Å². The van der Waals surface area contributed by atoms with E-state index in [0.717, 1.165) is 35.2 Å². The molecule has 2 rings (SSSR count). The fraction of sp³-hybridized carbons (Fsp3) is 0.500. The Hall–Kier alpha value is -0.870.